The molecule has 0 radical (unpaired) electrons. The molecule has 1 fully saturated rings. The number of piperidine rings is 1. The minimum Gasteiger partial charge on any atom is -0.345 e. The highest BCUT2D eigenvalue weighted by Crippen LogP contribution is 2.30. The van der Waals surface area contributed by atoms with E-state index >= 15 is 0 Å². The number of amides is 1. The van der Waals surface area contributed by atoms with E-state index < -0.39 is 11.7 Å². The maximum absolute atomic E-state index is 13.8. The largest absolute Gasteiger partial charge is 0.416 e. The number of carbonyl (C=O) groups excluding carboxylic acids is 1. The zero-order valence-corrected chi connectivity index (χ0v) is 26.4. The Bertz CT molecular complexity index is 1780. The van der Waals surface area contributed by atoms with Crippen molar-refractivity contribution in [2.45, 2.75) is 44.6 Å². The molecule has 242 valence electrons. The summed E-state index contributed by atoms with van der Waals surface area (Å²) < 4.78 is 39.1. The average Bonchev–Trinajstić information content (AvgIpc) is 3.54. The molecule has 0 bridgehead atoms. The lowest BCUT2D eigenvalue weighted by Crippen LogP contribution is -2.47. The third-order valence-corrected chi connectivity index (χ3v) is 8.96. The van der Waals surface area contributed by atoms with Crippen molar-refractivity contribution >= 4 is 34.4 Å². The van der Waals surface area contributed by atoms with Gasteiger partial charge in [-0.2, -0.15) is 13.2 Å². The van der Waals surface area contributed by atoms with Crippen molar-refractivity contribution in [3.05, 3.63) is 126 Å². The summed E-state index contributed by atoms with van der Waals surface area (Å²) in [7, 11) is 1.99. The Kier molecular flexibility index (Phi) is 9.40. The molecule has 1 amide bonds. The van der Waals surface area contributed by atoms with Crippen LogP contribution in [0.5, 0.6) is 0 Å². The Balaban J connectivity index is 1.17. The van der Waals surface area contributed by atoms with Crippen molar-refractivity contribution in [3.63, 3.8) is 0 Å². The van der Waals surface area contributed by atoms with Gasteiger partial charge in [-0.05, 0) is 85.5 Å². The van der Waals surface area contributed by atoms with E-state index in [1.165, 1.54) is 18.2 Å². The van der Waals surface area contributed by atoms with Crippen LogP contribution in [-0.2, 0) is 17.5 Å². The summed E-state index contributed by atoms with van der Waals surface area (Å²) in [5.74, 6) is 0.751. The lowest BCUT2D eigenvalue weighted by molar-refractivity contribution is -0.137. The van der Waals surface area contributed by atoms with Crippen LogP contribution >= 0.6 is 0 Å². The number of H-pyrrole nitrogens is 1. The fourth-order valence-corrected chi connectivity index (χ4v) is 6.10. The number of imidazole rings is 1. The van der Waals surface area contributed by atoms with Crippen molar-refractivity contribution in [3.8, 4) is 0 Å². The fraction of sp³-hybridized carbons (Fsp3) is 0.270. The fourth-order valence-electron chi connectivity index (χ4n) is 6.10. The predicted octanol–water partition coefficient (Wildman–Crippen LogP) is 8.01. The molecule has 0 saturated carbocycles. The Hall–Kier alpha value is -4.96. The second-order valence-electron chi connectivity index (χ2n) is 11.9. The number of anilines is 2. The van der Waals surface area contributed by atoms with Crippen LogP contribution in [0.3, 0.4) is 0 Å². The molecule has 1 N–H and O–H groups in total. The molecule has 2 aromatic heterocycles. The molecule has 6 rings (SSSR count). The number of halogens is 3. The van der Waals surface area contributed by atoms with Crippen LogP contribution in [0.2, 0.25) is 0 Å². The van der Waals surface area contributed by atoms with Crippen molar-refractivity contribution < 1.29 is 18.0 Å². The van der Waals surface area contributed by atoms with E-state index in [-0.39, 0.29) is 18.0 Å². The Morgan fingerprint density at radius 2 is 1.62 bits per heavy atom. The molecule has 47 heavy (non-hydrogen) atoms. The zero-order valence-electron chi connectivity index (χ0n) is 26.4. The smallest absolute Gasteiger partial charge is 0.345 e. The molecule has 3 heterocycles. The van der Waals surface area contributed by atoms with E-state index in [0.29, 0.717) is 12.1 Å². The third kappa shape index (κ3) is 7.55. The summed E-state index contributed by atoms with van der Waals surface area (Å²) in [5.41, 5.74) is 4.78. The number of rotatable bonds is 9. The second-order valence-corrected chi connectivity index (χ2v) is 11.9. The number of alkyl halides is 3. The van der Waals surface area contributed by atoms with Gasteiger partial charge in [-0.3, -0.25) is 14.7 Å². The number of nitrogens with one attached hydrogen (secondary N) is 1. The quantitative estimate of drug-likeness (QED) is 0.166. The Morgan fingerprint density at radius 3 is 2.28 bits per heavy atom. The summed E-state index contributed by atoms with van der Waals surface area (Å²) in [6.07, 6.45) is 3.72. The molecule has 0 spiro atoms. The van der Waals surface area contributed by atoms with E-state index in [4.69, 9.17) is 4.98 Å². The number of hydrogen-bond acceptors (Lipinski definition) is 5. The Morgan fingerprint density at radius 1 is 0.957 bits per heavy atom. The standard InChI is InChI=1S/C37H37F3N6O/c1-26(36-42-33-5-3-4-6-34(33)43-36)45-23-19-32(20-24-45)46(35(47)16-11-27-7-12-29(13-8-27)37(38,39)40)25-28-9-14-30(15-10-28)44(2)31-17-21-41-22-18-31/h3-18,21-22,26,32H,19-20,23-25H2,1-2H3,(H,42,43). The predicted molar refractivity (Wildman–Crippen MR) is 179 cm³/mol. The monoisotopic (exact) mass is 638 g/mol. The molecule has 1 aliphatic rings. The number of carbonyl (C=O) groups is 1. The molecule has 1 aliphatic heterocycles. The van der Waals surface area contributed by atoms with Gasteiger partial charge in [-0.15, -0.1) is 0 Å². The summed E-state index contributed by atoms with van der Waals surface area (Å²) in [6.45, 7) is 4.16. The molecule has 1 atom stereocenters. The third-order valence-electron chi connectivity index (χ3n) is 8.96. The van der Waals surface area contributed by atoms with Gasteiger partial charge in [0.2, 0.25) is 5.91 Å². The van der Waals surface area contributed by atoms with Gasteiger partial charge in [0, 0.05) is 62.6 Å². The molecule has 1 unspecified atom stereocenters. The highest BCUT2D eigenvalue weighted by Gasteiger charge is 2.31. The van der Waals surface area contributed by atoms with Crippen LogP contribution < -0.4 is 4.90 Å². The van der Waals surface area contributed by atoms with Crippen LogP contribution in [0.25, 0.3) is 17.1 Å². The van der Waals surface area contributed by atoms with E-state index in [2.05, 4.69) is 26.7 Å². The molecular weight excluding hydrogens is 601 g/mol. The van der Waals surface area contributed by atoms with Crippen LogP contribution in [0.1, 0.15) is 48.3 Å². The first-order valence-corrected chi connectivity index (χ1v) is 15.7. The molecule has 3 aromatic carbocycles. The molecule has 7 nitrogen and oxygen atoms in total. The van der Waals surface area contributed by atoms with Gasteiger partial charge in [0.15, 0.2) is 0 Å². The summed E-state index contributed by atoms with van der Waals surface area (Å²) in [5, 5.41) is 0. The van der Waals surface area contributed by atoms with E-state index in [1.807, 2.05) is 72.6 Å². The van der Waals surface area contributed by atoms with Gasteiger partial charge >= 0.3 is 6.18 Å². The van der Waals surface area contributed by atoms with E-state index in [9.17, 15) is 18.0 Å². The van der Waals surface area contributed by atoms with Gasteiger partial charge in [-0.1, -0.05) is 36.4 Å². The van der Waals surface area contributed by atoms with E-state index in [1.54, 1.807) is 18.5 Å². The lowest BCUT2D eigenvalue weighted by atomic mass is 10.00. The van der Waals surface area contributed by atoms with Gasteiger partial charge in [0.1, 0.15) is 5.82 Å². The van der Waals surface area contributed by atoms with Crippen LogP contribution in [0.4, 0.5) is 24.5 Å². The summed E-state index contributed by atoms with van der Waals surface area (Å²) >= 11 is 0. The number of benzene rings is 3. The Labute approximate surface area is 272 Å². The SMILES string of the molecule is CC(c1nc2ccccc2[nH]1)N1CCC(N(Cc2ccc(N(C)c3ccncc3)cc2)C(=O)C=Cc2ccc(C(F)(F)F)cc2)CC1. The maximum atomic E-state index is 13.8. The number of aromatic amines is 1. The first-order valence-electron chi connectivity index (χ1n) is 15.7. The van der Waals surface area contributed by atoms with Crippen LogP contribution in [0, 0.1) is 0 Å². The molecule has 10 heteroatoms. The minimum atomic E-state index is -4.41. The van der Waals surface area contributed by atoms with Crippen molar-refractivity contribution in [1.29, 1.82) is 0 Å². The van der Waals surface area contributed by atoms with Crippen molar-refractivity contribution in [2.24, 2.45) is 0 Å². The number of hydrogen-bond donors (Lipinski definition) is 1. The van der Waals surface area contributed by atoms with Crippen molar-refractivity contribution in [2.75, 3.05) is 25.0 Å². The van der Waals surface area contributed by atoms with Crippen LogP contribution in [0.15, 0.2) is 103 Å². The number of para-hydroxylation sites is 2. The molecule has 0 aliphatic carbocycles. The second kappa shape index (κ2) is 13.8. The first-order chi connectivity index (χ1) is 22.7. The number of nitrogens with zero attached hydrogens (tertiary/aromatic N) is 5. The summed E-state index contributed by atoms with van der Waals surface area (Å²) in [6, 6.07) is 24.9. The molecular formula is C37H37F3N6O. The average molecular weight is 639 g/mol. The first kappa shape index (κ1) is 32.0. The van der Waals surface area contributed by atoms with E-state index in [0.717, 1.165) is 71.9 Å². The molecule has 1 saturated heterocycles. The normalized spacial score (nSPS) is 15.3. The van der Waals surface area contributed by atoms with Crippen molar-refractivity contribution in [1.82, 2.24) is 24.8 Å². The zero-order chi connectivity index (χ0) is 33.0. The highest BCUT2D eigenvalue weighted by atomic mass is 19.4. The van der Waals surface area contributed by atoms with Gasteiger partial charge in [0.25, 0.3) is 0 Å². The van der Waals surface area contributed by atoms with Gasteiger partial charge < -0.3 is 14.8 Å². The van der Waals surface area contributed by atoms with Crippen LogP contribution in [-0.4, -0.2) is 56.8 Å². The number of pyridine rings is 1. The summed E-state index contributed by atoms with van der Waals surface area (Å²) in [4.78, 5) is 32.4. The number of aromatic nitrogens is 3. The molecule has 5 aromatic rings. The number of likely N-dealkylation sites (tertiary alicyclic amines) is 1. The topological polar surface area (TPSA) is 68.4 Å². The van der Waals surface area contributed by atoms with Gasteiger partial charge in [-0.25, -0.2) is 4.98 Å². The van der Waals surface area contributed by atoms with Gasteiger partial charge in [0.05, 0.1) is 22.6 Å². The lowest BCUT2D eigenvalue weighted by Gasteiger charge is -2.40. The number of fused-ring (bicyclic) bond motifs is 1. The minimum absolute atomic E-state index is 0.00181. The highest BCUT2D eigenvalue weighted by molar-refractivity contribution is 5.92. The maximum Gasteiger partial charge on any atom is 0.416 e.